The predicted octanol–water partition coefficient (Wildman–Crippen LogP) is 12.2. The SMILES string of the molecule is C=CC(=O)OCCCCCCOc1ccc(C(=O)Oc2ccc(OC(=O)C3CCC(CCCC)CC3)cc2C(CCCCCC)=NNc2nc3c(C)cccc3s2)cc1. The van der Waals surface area contributed by atoms with E-state index in [9.17, 15) is 14.4 Å². The number of nitrogens with zero attached hydrogens (tertiary/aromatic N) is 2. The van der Waals surface area contributed by atoms with Crippen LogP contribution in [0.4, 0.5) is 5.13 Å². The van der Waals surface area contributed by atoms with Crippen LogP contribution in [0.1, 0.15) is 138 Å². The number of hydrogen-bond acceptors (Lipinski definition) is 11. The van der Waals surface area contributed by atoms with Gasteiger partial charge >= 0.3 is 17.9 Å². The zero-order chi connectivity index (χ0) is 41.8. The van der Waals surface area contributed by atoms with Crippen LogP contribution in [0, 0.1) is 18.8 Å². The predicted molar refractivity (Wildman–Crippen MR) is 237 cm³/mol. The van der Waals surface area contributed by atoms with Crippen LogP contribution in [0.15, 0.2) is 78.4 Å². The number of carbonyl (C=O) groups excluding carboxylic acids is 3. The summed E-state index contributed by atoms with van der Waals surface area (Å²) in [4.78, 5) is 43.1. The first-order valence-corrected chi connectivity index (χ1v) is 22.4. The summed E-state index contributed by atoms with van der Waals surface area (Å²) in [5.74, 6) is 0.781. The van der Waals surface area contributed by atoms with Gasteiger partial charge in [0.15, 0.2) is 0 Å². The van der Waals surface area contributed by atoms with Gasteiger partial charge < -0.3 is 18.9 Å². The van der Waals surface area contributed by atoms with Gasteiger partial charge in [0.2, 0.25) is 5.13 Å². The second-order valence-corrected chi connectivity index (χ2v) is 16.4. The number of aromatic nitrogens is 1. The molecular weight excluding hydrogens is 763 g/mol. The average Bonchev–Trinajstić information content (AvgIpc) is 3.69. The van der Waals surface area contributed by atoms with E-state index in [4.69, 9.17) is 29.0 Å². The molecule has 3 aromatic carbocycles. The van der Waals surface area contributed by atoms with Gasteiger partial charge in [-0.3, -0.25) is 10.2 Å². The van der Waals surface area contributed by atoms with Crippen LogP contribution in [0.25, 0.3) is 10.2 Å². The topological polar surface area (TPSA) is 125 Å². The van der Waals surface area contributed by atoms with Crippen LogP contribution < -0.4 is 19.6 Å². The number of unbranched alkanes of at least 4 members (excludes halogenated alkanes) is 7. The van der Waals surface area contributed by atoms with E-state index in [1.165, 1.54) is 36.7 Å². The van der Waals surface area contributed by atoms with E-state index < -0.39 is 11.9 Å². The molecular formula is C48H61N3O7S. The van der Waals surface area contributed by atoms with E-state index >= 15 is 0 Å². The highest BCUT2D eigenvalue weighted by atomic mass is 32.1. The van der Waals surface area contributed by atoms with Gasteiger partial charge in [-0.05, 0) is 131 Å². The minimum atomic E-state index is -0.528. The molecule has 1 aromatic heterocycles. The van der Waals surface area contributed by atoms with Crippen LogP contribution in [-0.4, -0.2) is 41.8 Å². The van der Waals surface area contributed by atoms with Gasteiger partial charge in [0.25, 0.3) is 0 Å². The highest BCUT2D eigenvalue weighted by Crippen LogP contribution is 2.35. The second-order valence-electron chi connectivity index (χ2n) is 15.4. The number of ether oxygens (including phenoxy) is 4. The maximum absolute atomic E-state index is 13.7. The molecule has 0 bridgehead atoms. The summed E-state index contributed by atoms with van der Waals surface area (Å²) < 4.78 is 24.1. The van der Waals surface area contributed by atoms with Crippen molar-refractivity contribution in [2.75, 3.05) is 18.6 Å². The number of nitrogens with one attached hydrogen (secondary N) is 1. The molecule has 5 rings (SSSR count). The molecule has 0 radical (unpaired) electrons. The first-order chi connectivity index (χ1) is 28.8. The van der Waals surface area contributed by atoms with E-state index in [1.807, 2.05) is 25.1 Å². The summed E-state index contributed by atoms with van der Waals surface area (Å²) in [5.41, 5.74) is 6.84. The van der Waals surface area contributed by atoms with Gasteiger partial charge in [-0.25, -0.2) is 14.6 Å². The van der Waals surface area contributed by atoms with E-state index in [1.54, 1.807) is 42.5 Å². The Labute approximate surface area is 353 Å². The number of rotatable bonds is 24. The molecule has 10 nitrogen and oxygen atoms in total. The Morgan fingerprint density at radius 2 is 1.58 bits per heavy atom. The third-order valence-electron chi connectivity index (χ3n) is 10.8. The molecule has 1 aliphatic carbocycles. The van der Waals surface area contributed by atoms with E-state index in [0.29, 0.717) is 64.8 Å². The molecule has 11 heteroatoms. The summed E-state index contributed by atoms with van der Waals surface area (Å²) >= 11 is 1.52. The minimum Gasteiger partial charge on any atom is -0.494 e. The Morgan fingerprint density at radius 3 is 2.31 bits per heavy atom. The number of benzene rings is 3. The van der Waals surface area contributed by atoms with Gasteiger partial charge in [0, 0.05) is 11.6 Å². The number of fused-ring (bicyclic) bond motifs is 1. The lowest BCUT2D eigenvalue weighted by molar-refractivity contribution is -0.140. The van der Waals surface area contributed by atoms with Crippen molar-refractivity contribution in [3.05, 3.63) is 90.0 Å². The van der Waals surface area contributed by atoms with Crippen molar-refractivity contribution >= 4 is 50.3 Å². The molecule has 1 fully saturated rings. The Balaban J connectivity index is 1.31. The van der Waals surface area contributed by atoms with Crippen molar-refractivity contribution in [1.29, 1.82) is 0 Å². The van der Waals surface area contributed by atoms with E-state index in [2.05, 4.69) is 25.9 Å². The summed E-state index contributed by atoms with van der Waals surface area (Å²) in [7, 11) is 0. The molecule has 0 unspecified atom stereocenters. The van der Waals surface area contributed by atoms with Crippen molar-refractivity contribution in [2.45, 2.75) is 124 Å². The van der Waals surface area contributed by atoms with E-state index in [-0.39, 0.29) is 11.9 Å². The number of carbonyl (C=O) groups is 3. The number of esters is 3. The Bertz CT molecular complexity index is 2000. The van der Waals surface area contributed by atoms with Crippen LogP contribution in [0.3, 0.4) is 0 Å². The van der Waals surface area contributed by atoms with Crippen molar-refractivity contribution in [3.8, 4) is 17.2 Å². The molecule has 59 heavy (non-hydrogen) atoms. The molecule has 316 valence electrons. The van der Waals surface area contributed by atoms with Crippen molar-refractivity contribution in [3.63, 3.8) is 0 Å². The van der Waals surface area contributed by atoms with Crippen LogP contribution in [0.2, 0.25) is 0 Å². The molecule has 1 saturated carbocycles. The minimum absolute atomic E-state index is 0.132. The Morgan fingerprint density at radius 1 is 0.847 bits per heavy atom. The van der Waals surface area contributed by atoms with E-state index in [0.717, 1.165) is 92.8 Å². The fraction of sp³-hybridized carbons (Fsp3) is 0.479. The molecule has 4 aromatic rings. The molecule has 0 aliphatic heterocycles. The molecule has 0 spiro atoms. The molecule has 0 amide bonds. The van der Waals surface area contributed by atoms with Gasteiger partial charge in [0.1, 0.15) is 17.2 Å². The zero-order valence-electron chi connectivity index (χ0n) is 35.1. The summed E-state index contributed by atoms with van der Waals surface area (Å²) in [6.07, 6.45) is 16.8. The highest BCUT2D eigenvalue weighted by molar-refractivity contribution is 7.22. The number of aryl methyl sites for hydroxylation is 1. The quantitative estimate of drug-likeness (QED) is 0.0183. The normalized spacial score (nSPS) is 15.4. The number of hydrazone groups is 1. The Hall–Kier alpha value is -5.03. The fourth-order valence-electron chi connectivity index (χ4n) is 7.31. The highest BCUT2D eigenvalue weighted by Gasteiger charge is 2.28. The van der Waals surface area contributed by atoms with Gasteiger partial charge in [-0.1, -0.05) is 82.4 Å². The summed E-state index contributed by atoms with van der Waals surface area (Å²) in [6.45, 7) is 10.8. The van der Waals surface area contributed by atoms with Crippen LogP contribution in [-0.2, 0) is 14.3 Å². The standard InChI is InChI=1S/C48H61N3O7S/c1-5-8-10-13-19-41(50-51-48-49-45-34(4)17-16-20-43(45)59-48)40-33-39(57-46(53)36-23-21-35(22-24-36)18-9-6-2)29-30-42(40)58-47(54)37-25-27-38(28-26-37)55-31-14-11-12-15-32-56-44(52)7-3/h7,16-17,20,25-30,33,35-36H,3,5-6,8-15,18-19,21-24,31-32H2,1-2,4H3,(H,49,51). The zero-order valence-corrected chi connectivity index (χ0v) is 35.9. The molecule has 0 atom stereocenters. The number of anilines is 1. The average molecular weight is 824 g/mol. The second kappa shape index (κ2) is 24.1. The maximum atomic E-state index is 13.7. The summed E-state index contributed by atoms with van der Waals surface area (Å²) in [6, 6.07) is 18.2. The fourth-order valence-corrected chi connectivity index (χ4v) is 8.20. The molecule has 1 heterocycles. The Kier molecular flexibility index (Phi) is 18.4. The first kappa shape index (κ1) is 45.1. The van der Waals surface area contributed by atoms with Crippen LogP contribution >= 0.6 is 11.3 Å². The number of para-hydroxylation sites is 1. The molecule has 1 aliphatic rings. The third kappa shape index (κ3) is 14.3. The lowest BCUT2D eigenvalue weighted by Crippen LogP contribution is -2.25. The van der Waals surface area contributed by atoms with Gasteiger partial charge in [0.05, 0.1) is 40.6 Å². The van der Waals surface area contributed by atoms with Gasteiger partial charge in [-0.2, -0.15) is 5.10 Å². The number of hydrogen-bond donors (Lipinski definition) is 1. The third-order valence-corrected chi connectivity index (χ3v) is 11.7. The molecule has 1 N–H and O–H groups in total. The maximum Gasteiger partial charge on any atom is 0.343 e. The molecule has 0 saturated heterocycles. The largest absolute Gasteiger partial charge is 0.494 e. The van der Waals surface area contributed by atoms with Crippen molar-refractivity contribution in [2.24, 2.45) is 16.9 Å². The number of thiazole rings is 1. The van der Waals surface area contributed by atoms with Gasteiger partial charge in [-0.15, -0.1) is 0 Å². The monoisotopic (exact) mass is 823 g/mol. The lowest BCUT2D eigenvalue weighted by Gasteiger charge is -2.27. The first-order valence-electron chi connectivity index (χ1n) is 21.6. The smallest absolute Gasteiger partial charge is 0.343 e. The van der Waals surface area contributed by atoms with Crippen LogP contribution in [0.5, 0.6) is 17.2 Å². The van der Waals surface area contributed by atoms with Crippen molar-refractivity contribution in [1.82, 2.24) is 4.98 Å². The van der Waals surface area contributed by atoms with Crippen molar-refractivity contribution < 1.29 is 33.3 Å². The summed E-state index contributed by atoms with van der Waals surface area (Å²) in [5, 5.41) is 5.55. The lowest BCUT2D eigenvalue weighted by atomic mass is 9.80.